The number of nitrogens with two attached hydrogens (primary N) is 1. The van der Waals surface area contributed by atoms with Gasteiger partial charge in [0.25, 0.3) is 0 Å². The molecule has 6 nitrogen and oxygen atoms in total. The molecule has 1 aliphatic rings. The molecule has 1 fully saturated rings. The number of rotatable bonds is 4. The van der Waals surface area contributed by atoms with Crippen molar-refractivity contribution < 1.29 is 4.79 Å². The number of anilines is 1. The van der Waals surface area contributed by atoms with Gasteiger partial charge >= 0.3 is 0 Å². The zero-order valence-corrected chi connectivity index (χ0v) is 12.3. The fourth-order valence-electron chi connectivity index (χ4n) is 2.83. The number of carbonyl (C=O) groups is 1. The topological polar surface area (TPSA) is 75.4 Å². The quantitative estimate of drug-likeness (QED) is 0.904. The molecule has 1 amide bonds. The van der Waals surface area contributed by atoms with Crippen molar-refractivity contribution in [3.63, 3.8) is 0 Å². The number of hydrogen-bond acceptors (Lipinski definition) is 5. The molecule has 1 saturated heterocycles. The maximum Gasteiger partial charge on any atom is 0.239 e. The molecule has 0 bridgehead atoms. The van der Waals surface area contributed by atoms with Crippen LogP contribution < -0.4 is 10.6 Å². The highest BCUT2D eigenvalue weighted by atomic mass is 16.1. The number of piperazine rings is 1. The number of amides is 1. The van der Waals surface area contributed by atoms with E-state index in [1.54, 1.807) is 18.5 Å². The summed E-state index contributed by atoms with van der Waals surface area (Å²) in [6, 6.07) is 11.1. The van der Waals surface area contributed by atoms with Gasteiger partial charge in [-0.1, -0.05) is 30.3 Å². The largest absolute Gasteiger partial charge is 0.368 e. The Hall–Kier alpha value is -2.47. The third-order valence-corrected chi connectivity index (χ3v) is 3.90. The van der Waals surface area contributed by atoms with Crippen molar-refractivity contribution in [2.75, 3.05) is 31.1 Å². The summed E-state index contributed by atoms with van der Waals surface area (Å²) >= 11 is 0. The Morgan fingerprint density at radius 3 is 2.23 bits per heavy atom. The van der Waals surface area contributed by atoms with E-state index in [2.05, 4.69) is 19.8 Å². The maximum absolute atomic E-state index is 11.9. The Kier molecular flexibility index (Phi) is 4.29. The average Bonchev–Trinajstić information content (AvgIpc) is 2.57. The molecule has 3 rings (SSSR count). The van der Waals surface area contributed by atoms with Gasteiger partial charge in [-0.3, -0.25) is 9.69 Å². The average molecular weight is 297 g/mol. The van der Waals surface area contributed by atoms with Gasteiger partial charge in [0.2, 0.25) is 11.9 Å². The highest BCUT2D eigenvalue weighted by molar-refractivity contribution is 5.81. The summed E-state index contributed by atoms with van der Waals surface area (Å²) in [6.07, 6.45) is 3.48. The molecule has 1 aliphatic heterocycles. The van der Waals surface area contributed by atoms with Gasteiger partial charge in [0.15, 0.2) is 0 Å². The van der Waals surface area contributed by atoms with Gasteiger partial charge in [-0.05, 0) is 11.6 Å². The van der Waals surface area contributed by atoms with Crippen molar-refractivity contribution >= 4 is 11.9 Å². The van der Waals surface area contributed by atoms with Crippen molar-refractivity contribution in [2.24, 2.45) is 5.73 Å². The molecule has 22 heavy (non-hydrogen) atoms. The first-order valence-corrected chi connectivity index (χ1v) is 7.36. The molecule has 1 atom stereocenters. The highest BCUT2D eigenvalue weighted by Crippen LogP contribution is 2.22. The number of carbonyl (C=O) groups excluding carboxylic acids is 1. The Balaban J connectivity index is 1.70. The van der Waals surface area contributed by atoms with E-state index in [9.17, 15) is 4.79 Å². The summed E-state index contributed by atoms with van der Waals surface area (Å²) in [6.45, 7) is 3.06. The Labute approximate surface area is 129 Å². The molecule has 0 radical (unpaired) electrons. The molecule has 0 spiro atoms. The zero-order chi connectivity index (χ0) is 15.4. The van der Waals surface area contributed by atoms with E-state index >= 15 is 0 Å². The van der Waals surface area contributed by atoms with Crippen LogP contribution in [-0.4, -0.2) is 47.0 Å². The van der Waals surface area contributed by atoms with E-state index < -0.39 is 0 Å². The predicted octanol–water partition coefficient (Wildman–Crippen LogP) is 0.825. The first-order valence-electron chi connectivity index (χ1n) is 7.36. The molecule has 2 aromatic rings. The van der Waals surface area contributed by atoms with Gasteiger partial charge < -0.3 is 10.6 Å². The molecule has 114 valence electrons. The van der Waals surface area contributed by atoms with E-state index in [1.165, 1.54) is 0 Å². The SMILES string of the molecule is NC(=O)[C@@H](c1ccccc1)N1CCN(c2ncccn2)CC1. The summed E-state index contributed by atoms with van der Waals surface area (Å²) < 4.78 is 0. The molecule has 6 heteroatoms. The fourth-order valence-corrected chi connectivity index (χ4v) is 2.83. The third-order valence-electron chi connectivity index (χ3n) is 3.90. The second-order valence-electron chi connectivity index (χ2n) is 5.29. The van der Waals surface area contributed by atoms with E-state index in [0.29, 0.717) is 0 Å². The second-order valence-corrected chi connectivity index (χ2v) is 5.29. The standard InChI is InChI=1S/C16H19N5O/c17-15(22)14(13-5-2-1-3-6-13)20-9-11-21(12-10-20)16-18-7-4-8-19-16/h1-8,14H,9-12H2,(H2,17,22)/t14-/m1/s1. The molecular weight excluding hydrogens is 278 g/mol. The van der Waals surface area contributed by atoms with E-state index in [0.717, 1.165) is 37.7 Å². The highest BCUT2D eigenvalue weighted by Gasteiger charge is 2.29. The molecule has 0 aliphatic carbocycles. The Morgan fingerprint density at radius 2 is 1.64 bits per heavy atom. The van der Waals surface area contributed by atoms with Crippen LogP contribution in [0.1, 0.15) is 11.6 Å². The van der Waals surface area contributed by atoms with Gasteiger partial charge in [-0.15, -0.1) is 0 Å². The van der Waals surface area contributed by atoms with Crippen LogP contribution in [0.2, 0.25) is 0 Å². The number of hydrogen-bond donors (Lipinski definition) is 1. The van der Waals surface area contributed by atoms with Crippen molar-refractivity contribution in [1.29, 1.82) is 0 Å². The van der Waals surface area contributed by atoms with Crippen LogP contribution in [-0.2, 0) is 4.79 Å². The summed E-state index contributed by atoms with van der Waals surface area (Å²) in [7, 11) is 0. The lowest BCUT2D eigenvalue weighted by Gasteiger charge is -2.38. The Bertz CT molecular complexity index is 611. The van der Waals surface area contributed by atoms with Crippen LogP contribution in [0.4, 0.5) is 5.95 Å². The minimum absolute atomic E-state index is 0.310. The van der Waals surface area contributed by atoms with Crippen LogP contribution in [0.5, 0.6) is 0 Å². The first kappa shape index (κ1) is 14.5. The minimum atomic E-state index is -0.375. The monoisotopic (exact) mass is 297 g/mol. The Morgan fingerprint density at radius 1 is 1.00 bits per heavy atom. The van der Waals surface area contributed by atoms with Crippen LogP contribution in [0.3, 0.4) is 0 Å². The van der Waals surface area contributed by atoms with Crippen molar-refractivity contribution in [3.05, 3.63) is 54.4 Å². The normalized spacial score (nSPS) is 17.2. The second kappa shape index (κ2) is 6.53. The van der Waals surface area contributed by atoms with Crippen molar-refractivity contribution in [3.8, 4) is 0 Å². The molecular formula is C16H19N5O. The number of nitrogens with zero attached hydrogens (tertiary/aromatic N) is 4. The van der Waals surface area contributed by atoms with E-state index in [-0.39, 0.29) is 11.9 Å². The van der Waals surface area contributed by atoms with Gasteiger partial charge in [-0.2, -0.15) is 0 Å². The molecule has 1 aromatic heterocycles. The zero-order valence-electron chi connectivity index (χ0n) is 12.3. The first-order chi connectivity index (χ1) is 10.8. The van der Waals surface area contributed by atoms with Gasteiger partial charge in [0.1, 0.15) is 6.04 Å². The smallest absolute Gasteiger partial charge is 0.239 e. The van der Waals surface area contributed by atoms with Gasteiger partial charge in [0, 0.05) is 38.6 Å². The lowest BCUT2D eigenvalue weighted by atomic mass is 10.0. The molecule has 1 aromatic carbocycles. The molecule has 2 heterocycles. The van der Waals surface area contributed by atoms with Gasteiger partial charge in [0.05, 0.1) is 0 Å². The van der Waals surface area contributed by atoms with Gasteiger partial charge in [-0.25, -0.2) is 9.97 Å². The van der Waals surface area contributed by atoms with Crippen LogP contribution >= 0.6 is 0 Å². The van der Waals surface area contributed by atoms with Crippen molar-refractivity contribution in [2.45, 2.75) is 6.04 Å². The van der Waals surface area contributed by atoms with Crippen LogP contribution in [0.25, 0.3) is 0 Å². The van der Waals surface area contributed by atoms with E-state index in [1.807, 2.05) is 30.3 Å². The molecule has 0 unspecified atom stereocenters. The number of benzene rings is 1. The maximum atomic E-state index is 11.9. The predicted molar refractivity (Wildman–Crippen MR) is 84.2 cm³/mol. The molecule has 0 saturated carbocycles. The van der Waals surface area contributed by atoms with Crippen LogP contribution in [0, 0.1) is 0 Å². The summed E-state index contributed by atoms with van der Waals surface area (Å²) in [5.41, 5.74) is 6.57. The lowest BCUT2D eigenvalue weighted by molar-refractivity contribution is -0.123. The summed E-state index contributed by atoms with van der Waals surface area (Å²) in [5.74, 6) is 0.424. The van der Waals surface area contributed by atoms with Crippen molar-refractivity contribution in [1.82, 2.24) is 14.9 Å². The minimum Gasteiger partial charge on any atom is -0.368 e. The van der Waals surface area contributed by atoms with E-state index in [4.69, 9.17) is 5.73 Å². The number of aromatic nitrogens is 2. The number of primary amides is 1. The fraction of sp³-hybridized carbons (Fsp3) is 0.312. The molecule has 2 N–H and O–H groups in total. The lowest BCUT2D eigenvalue weighted by Crippen LogP contribution is -2.50. The van der Waals surface area contributed by atoms with Crippen LogP contribution in [0.15, 0.2) is 48.8 Å². The summed E-state index contributed by atoms with van der Waals surface area (Å²) in [4.78, 5) is 24.7. The third kappa shape index (κ3) is 3.07. The summed E-state index contributed by atoms with van der Waals surface area (Å²) in [5, 5.41) is 0.